The smallest absolute Gasteiger partial charge is 0.0766 e. The first-order valence-corrected chi connectivity index (χ1v) is 10.2. The Morgan fingerprint density at radius 3 is 2.11 bits per heavy atom. The minimum atomic E-state index is 0.561. The van der Waals surface area contributed by atoms with E-state index in [4.69, 9.17) is 0 Å². The number of nitrogens with one attached hydrogen (secondary N) is 1. The van der Waals surface area contributed by atoms with Gasteiger partial charge in [-0.15, -0.1) is 6.58 Å². The van der Waals surface area contributed by atoms with Crippen LogP contribution in [0.25, 0.3) is 0 Å². The van der Waals surface area contributed by atoms with Crippen molar-refractivity contribution in [2.75, 3.05) is 39.6 Å². The molecule has 0 fully saturated rings. The minimum absolute atomic E-state index is 0.561. The zero-order valence-corrected chi connectivity index (χ0v) is 19.3. The van der Waals surface area contributed by atoms with E-state index in [2.05, 4.69) is 87.2 Å². The number of hydrogen-bond donors (Lipinski definition) is 1. The van der Waals surface area contributed by atoms with Crippen LogP contribution in [0.5, 0.6) is 0 Å². The van der Waals surface area contributed by atoms with Gasteiger partial charge in [0.1, 0.15) is 0 Å². The van der Waals surface area contributed by atoms with Gasteiger partial charge in [-0.3, -0.25) is 0 Å². The van der Waals surface area contributed by atoms with Crippen molar-refractivity contribution in [3.8, 4) is 0 Å². The molecule has 0 aliphatic rings. The largest absolute Gasteiger partial charge is 0.505 e. The van der Waals surface area contributed by atoms with Crippen LogP contribution in [0.15, 0.2) is 49.8 Å². The molecule has 0 spiro atoms. The van der Waals surface area contributed by atoms with Crippen LogP contribution in [0.4, 0.5) is 5.69 Å². The van der Waals surface area contributed by atoms with Gasteiger partial charge in [-0.1, -0.05) is 59.4 Å². The molecule has 0 saturated heterocycles. The molecule has 158 valence electrons. The van der Waals surface area contributed by atoms with E-state index in [1.165, 1.54) is 30.5 Å². The van der Waals surface area contributed by atoms with Gasteiger partial charge in [-0.25, -0.2) is 0 Å². The van der Waals surface area contributed by atoms with Crippen molar-refractivity contribution in [2.45, 2.75) is 59.8 Å². The van der Waals surface area contributed by atoms with Crippen molar-refractivity contribution in [3.63, 3.8) is 0 Å². The highest BCUT2D eigenvalue weighted by Gasteiger charge is 2.03. The highest BCUT2D eigenvalue weighted by molar-refractivity contribution is 5.46. The number of ether oxygens (including phenoxy) is 1. The van der Waals surface area contributed by atoms with Crippen LogP contribution < -0.4 is 5.32 Å². The summed E-state index contributed by atoms with van der Waals surface area (Å²) in [7, 11) is 5.74. The third-order valence-corrected chi connectivity index (χ3v) is 3.39. The van der Waals surface area contributed by atoms with Crippen molar-refractivity contribution in [2.24, 2.45) is 0 Å². The van der Waals surface area contributed by atoms with Gasteiger partial charge < -0.3 is 15.0 Å². The lowest BCUT2D eigenvalue weighted by Crippen LogP contribution is -2.11. The van der Waals surface area contributed by atoms with Crippen LogP contribution in [0.3, 0.4) is 0 Å². The Balaban J connectivity index is -0.000000398. The Labute approximate surface area is 170 Å². The zero-order valence-electron chi connectivity index (χ0n) is 19.3. The molecule has 0 amide bonds. The molecule has 1 atom stereocenters. The summed E-state index contributed by atoms with van der Waals surface area (Å²) in [5.41, 5.74) is 2.61. The van der Waals surface area contributed by atoms with E-state index < -0.39 is 0 Å². The lowest BCUT2D eigenvalue weighted by atomic mass is 9.97. The fourth-order valence-electron chi connectivity index (χ4n) is 2.06. The second-order valence-corrected chi connectivity index (χ2v) is 6.18. The van der Waals surface area contributed by atoms with Gasteiger partial charge in [0.15, 0.2) is 0 Å². The summed E-state index contributed by atoms with van der Waals surface area (Å²) in [6.07, 6.45) is 6.81. The van der Waals surface area contributed by atoms with Gasteiger partial charge in [0, 0.05) is 12.2 Å². The number of rotatable bonds is 9. The number of hydrogen-bond acceptors (Lipinski definition) is 3. The second-order valence-electron chi connectivity index (χ2n) is 6.18. The first-order valence-electron chi connectivity index (χ1n) is 10.2. The molecule has 0 bridgehead atoms. The van der Waals surface area contributed by atoms with Crippen molar-refractivity contribution in [3.05, 3.63) is 55.3 Å². The van der Waals surface area contributed by atoms with Crippen LogP contribution in [0, 0.1) is 0 Å². The van der Waals surface area contributed by atoms with Crippen molar-refractivity contribution < 1.29 is 4.74 Å². The quantitative estimate of drug-likeness (QED) is 0.372. The first-order chi connectivity index (χ1) is 13.0. The average molecular weight is 379 g/mol. The molecule has 0 aliphatic carbocycles. The molecular weight excluding hydrogens is 332 g/mol. The Hall–Kier alpha value is -1.74. The molecule has 1 aromatic rings. The number of benzene rings is 1. The summed E-state index contributed by atoms with van der Waals surface area (Å²) >= 11 is 0. The van der Waals surface area contributed by atoms with E-state index in [9.17, 15) is 0 Å². The fourth-order valence-corrected chi connectivity index (χ4v) is 2.06. The highest BCUT2D eigenvalue weighted by Crippen LogP contribution is 2.22. The lowest BCUT2D eigenvalue weighted by molar-refractivity contribution is 0.339. The molecule has 0 heterocycles. The lowest BCUT2D eigenvalue weighted by Gasteiger charge is -2.12. The summed E-state index contributed by atoms with van der Waals surface area (Å²) in [5, 5.41) is 3.41. The number of anilines is 1. The average Bonchev–Trinajstić information content (AvgIpc) is 2.69. The second kappa shape index (κ2) is 24.3. The third kappa shape index (κ3) is 22.2. The maximum Gasteiger partial charge on any atom is 0.0766 e. The Kier molecular flexibility index (Phi) is 27.0. The maximum atomic E-state index is 4.31. The Bertz CT molecular complexity index is 430. The molecule has 1 N–H and O–H groups in total. The van der Waals surface area contributed by atoms with Gasteiger partial charge in [0.25, 0.3) is 0 Å². The van der Waals surface area contributed by atoms with E-state index in [1.807, 2.05) is 19.9 Å². The fraction of sp³-hybridized carbons (Fsp3) is 0.583. The highest BCUT2D eigenvalue weighted by atomic mass is 16.5. The molecule has 1 aromatic carbocycles. The third-order valence-electron chi connectivity index (χ3n) is 3.39. The molecule has 3 nitrogen and oxygen atoms in total. The molecule has 3 heteroatoms. The molecule has 0 aliphatic heterocycles. The van der Waals surface area contributed by atoms with E-state index in [-0.39, 0.29) is 0 Å². The van der Waals surface area contributed by atoms with Crippen molar-refractivity contribution in [1.82, 2.24) is 4.90 Å². The summed E-state index contributed by atoms with van der Waals surface area (Å²) in [5.74, 6) is 0.561. The maximum absolute atomic E-state index is 4.31. The topological polar surface area (TPSA) is 24.5 Å². The predicted molar refractivity (Wildman–Crippen MR) is 126 cm³/mol. The van der Waals surface area contributed by atoms with E-state index in [0.717, 1.165) is 19.4 Å². The van der Waals surface area contributed by atoms with Crippen LogP contribution in [-0.4, -0.2) is 39.2 Å². The summed E-state index contributed by atoms with van der Waals surface area (Å²) in [4.78, 5) is 2.18. The monoisotopic (exact) mass is 378 g/mol. The van der Waals surface area contributed by atoms with Gasteiger partial charge in [0.2, 0.25) is 0 Å². The van der Waals surface area contributed by atoms with E-state index in [0.29, 0.717) is 5.92 Å². The van der Waals surface area contributed by atoms with Gasteiger partial charge in [0.05, 0.1) is 13.4 Å². The molecule has 1 rings (SSSR count). The van der Waals surface area contributed by atoms with Gasteiger partial charge in [-0.2, -0.15) is 0 Å². The molecule has 0 saturated carbocycles. The minimum Gasteiger partial charge on any atom is -0.505 e. The van der Waals surface area contributed by atoms with Crippen LogP contribution >= 0.6 is 0 Å². The normalized spacial score (nSPS) is 9.96. The van der Waals surface area contributed by atoms with Gasteiger partial charge in [-0.05, 0) is 63.5 Å². The standard InChI is InChI=1S/C14H21N.C5H13N.C3H6O.C2H6/c1-4-7-12(3)13-8-6-9-14(11-13)15-10-5-2;1-4-5-6(2)3;1-3-4-2;1-2/h4,6,8-9,11-12,15H,1,5,7,10H2,2-3H3;4-5H2,1-3H3;3H,1H2,2H3;1-2H3. The Morgan fingerprint density at radius 2 is 1.74 bits per heavy atom. The summed E-state index contributed by atoms with van der Waals surface area (Å²) in [6, 6.07) is 8.67. The number of methoxy groups -OCH3 is 1. The zero-order chi connectivity index (χ0) is 21.5. The first kappa shape index (κ1) is 30.0. The van der Waals surface area contributed by atoms with E-state index in [1.54, 1.807) is 7.11 Å². The molecule has 27 heavy (non-hydrogen) atoms. The van der Waals surface area contributed by atoms with Crippen molar-refractivity contribution >= 4 is 5.69 Å². The Morgan fingerprint density at radius 1 is 1.15 bits per heavy atom. The molecule has 1 unspecified atom stereocenters. The van der Waals surface area contributed by atoms with Crippen LogP contribution in [-0.2, 0) is 4.74 Å². The molecular formula is C24H46N2O. The predicted octanol–water partition coefficient (Wildman–Crippen LogP) is 6.95. The summed E-state index contributed by atoms with van der Waals surface area (Å²) in [6.45, 7) is 19.9. The summed E-state index contributed by atoms with van der Waals surface area (Å²) < 4.78 is 4.31. The number of nitrogens with zero attached hydrogens (tertiary/aromatic N) is 1. The molecule has 0 radical (unpaired) electrons. The number of allylic oxidation sites excluding steroid dienone is 1. The van der Waals surface area contributed by atoms with Crippen LogP contribution in [0.1, 0.15) is 65.4 Å². The van der Waals surface area contributed by atoms with Crippen molar-refractivity contribution in [1.29, 1.82) is 0 Å². The molecule has 0 aromatic heterocycles. The van der Waals surface area contributed by atoms with E-state index >= 15 is 0 Å². The SMILES string of the molecule is C=CCC(C)c1cccc(NCCC)c1.C=COC.CC.CCCN(C)C. The van der Waals surface area contributed by atoms with Crippen LogP contribution in [0.2, 0.25) is 0 Å². The van der Waals surface area contributed by atoms with Gasteiger partial charge >= 0.3 is 0 Å².